The molecular weight excluding hydrogens is 330 g/mol. The fraction of sp³-hybridized carbons (Fsp3) is 0.125. The minimum Gasteiger partial charge on any atom is -0.379 e. The van der Waals surface area contributed by atoms with Gasteiger partial charge in [-0.2, -0.15) is 0 Å². The van der Waals surface area contributed by atoms with Crippen molar-refractivity contribution in [2.24, 2.45) is 0 Å². The van der Waals surface area contributed by atoms with Crippen molar-refractivity contribution < 1.29 is 5.11 Å². The largest absolute Gasteiger partial charge is 0.379 e. The van der Waals surface area contributed by atoms with Crippen molar-refractivity contribution in [3.63, 3.8) is 0 Å². The zero-order valence-electron chi connectivity index (χ0n) is 11.4. The summed E-state index contributed by atoms with van der Waals surface area (Å²) in [6, 6.07) is 17.2. The van der Waals surface area contributed by atoms with Crippen LogP contribution in [0, 0.1) is 0 Å². The van der Waals surface area contributed by atoms with E-state index in [4.69, 9.17) is 0 Å². The van der Waals surface area contributed by atoms with E-state index in [9.17, 15) is 5.11 Å². The molecule has 5 heteroatoms. The Bertz CT molecular complexity index is 753. The first-order valence-electron chi connectivity index (χ1n) is 6.54. The number of para-hydroxylation sites is 1. The maximum Gasteiger partial charge on any atom is 0.130 e. The Balaban J connectivity index is 2.11. The fourth-order valence-corrected chi connectivity index (χ4v) is 2.67. The highest BCUT2D eigenvalue weighted by Gasteiger charge is 2.30. The predicted molar refractivity (Wildman–Crippen MR) is 84.2 cm³/mol. The molecule has 0 amide bonds. The Hall–Kier alpha value is -1.98. The van der Waals surface area contributed by atoms with E-state index in [1.54, 1.807) is 17.8 Å². The molecule has 106 valence electrons. The van der Waals surface area contributed by atoms with Gasteiger partial charge in [-0.05, 0) is 36.8 Å². The molecule has 4 nitrogen and oxygen atoms in total. The summed E-state index contributed by atoms with van der Waals surface area (Å²) in [5.74, 6) is 0. The van der Waals surface area contributed by atoms with Crippen molar-refractivity contribution in [3.05, 3.63) is 76.5 Å². The lowest BCUT2D eigenvalue weighted by Crippen LogP contribution is -2.26. The van der Waals surface area contributed by atoms with Crippen LogP contribution in [0.4, 0.5) is 0 Å². The number of aromatic nitrogens is 3. The summed E-state index contributed by atoms with van der Waals surface area (Å²) >= 11 is 3.43. The molecule has 1 N–H and O–H groups in total. The summed E-state index contributed by atoms with van der Waals surface area (Å²) in [6.07, 6.45) is 1.59. The van der Waals surface area contributed by atoms with Gasteiger partial charge in [-0.3, -0.25) is 0 Å². The van der Waals surface area contributed by atoms with E-state index in [0.717, 1.165) is 15.7 Å². The Kier molecular flexibility index (Phi) is 3.61. The molecule has 1 heterocycles. The van der Waals surface area contributed by atoms with Crippen LogP contribution in [0.1, 0.15) is 18.2 Å². The summed E-state index contributed by atoms with van der Waals surface area (Å²) in [5, 5.41) is 19.0. The second kappa shape index (κ2) is 5.42. The maximum absolute atomic E-state index is 11.0. The number of halogens is 1. The van der Waals surface area contributed by atoms with Gasteiger partial charge in [0, 0.05) is 4.47 Å². The standard InChI is InChI=1S/C16H14BrN3O/c1-16(21,12-6-5-7-13(17)10-12)15-11-18-19-20(15)14-8-3-2-4-9-14/h2-11,21H,1H3. The van der Waals surface area contributed by atoms with Crippen LogP contribution in [-0.2, 0) is 5.60 Å². The Morgan fingerprint density at radius 3 is 2.57 bits per heavy atom. The quantitative estimate of drug-likeness (QED) is 0.793. The first-order valence-corrected chi connectivity index (χ1v) is 7.33. The van der Waals surface area contributed by atoms with E-state index in [1.807, 2.05) is 54.6 Å². The molecule has 1 unspecified atom stereocenters. The highest BCUT2D eigenvalue weighted by atomic mass is 79.9. The lowest BCUT2D eigenvalue weighted by atomic mass is 9.93. The number of aliphatic hydroxyl groups is 1. The topological polar surface area (TPSA) is 50.9 Å². The minimum absolute atomic E-state index is 0.617. The second-order valence-electron chi connectivity index (χ2n) is 4.95. The zero-order valence-corrected chi connectivity index (χ0v) is 13.0. The van der Waals surface area contributed by atoms with Crippen molar-refractivity contribution in [1.82, 2.24) is 15.0 Å². The van der Waals surface area contributed by atoms with Gasteiger partial charge in [0.05, 0.1) is 11.9 Å². The van der Waals surface area contributed by atoms with Crippen molar-refractivity contribution in [2.75, 3.05) is 0 Å². The van der Waals surface area contributed by atoms with Gasteiger partial charge in [0.15, 0.2) is 0 Å². The predicted octanol–water partition coefficient (Wildman–Crippen LogP) is 3.29. The van der Waals surface area contributed by atoms with Gasteiger partial charge in [-0.1, -0.05) is 51.5 Å². The average Bonchev–Trinajstić information content (AvgIpc) is 2.98. The molecule has 0 saturated heterocycles. The molecule has 0 fully saturated rings. The molecule has 1 atom stereocenters. The van der Waals surface area contributed by atoms with Gasteiger partial charge >= 0.3 is 0 Å². The van der Waals surface area contributed by atoms with Crippen LogP contribution in [0.3, 0.4) is 0 Å². The van der Waals surface area contributed by atoms with Crippen LogP contribution in [0.5, 0.6) is 0 Å². The third-order valence-corrected chi connectivity index (χ3v) is 3.93. The van der Waals surface area contributed by atoms with Gasteiger partial charge in [0.1, 0.15) is 11.3 Å². The van der Waals surface area contributed by atoms with Crippen molar-refractivity contribution in [3.8, 4) is 5.69 Å². The molecule has 21 heavy (non-hydrogen) atoms. The minimum atomic E-state index is -1.19. The first kappa shape index (κ1) is 14.0. The van der Waals surface area contributed by atoms with E-state index >= 15 is 0 Å². The number of nitrogens with zero attached hydrogens (tertiary/aromatic N) is 3. The van der Waals surface area contributed by atoms with Gasteiger partial charge in [0.2, 0.25) is 0 Å². The fourth-order valence-electron chi connectivity index (χ4n) is 2.27. The van der Waals surface area contributed by atoms with Crippen LogP contribution < -0.4 is 0 Å². The normalized spacial score (nSPS) is 13.9. The van der Waals surface area contributed by atoms with E-state index < -0.39 is 5.60 Å². The summed E-state index contributed by atoms with van der Waals surface area (Å²) < 4.78 is 2.57. The molecule has 0 saturated carbocycles. The van der Waals surface area contributed by atoms with Crippen LogP contribution in [0.15, 0.2) is 65.3 Å². The summed E-state index contributed by atoms with van der Waals surface area (Å²) in [6.45, 7) is 1.74. The molecule has 0 aliphatic heterocycles. The molecule has 0 radical (unpaired) electrons. The first-order chi connectivity index (χ1) is 10.1. The Labute approximate surface area is 131 Å². The lowest BCUT2D eigenvalue weighted by Gasteiger charge is -2.24. The van der Waals surface area contributed by atoms with Crippen LogP contribution in [-0.4, -0.2) is 20.1 Å². The number of hydrogen-bond donors (Lipinski definition) is 1. The van der Waals surface area contributed by atoms with Crippen LogP contribution in [0.2, 0.25) is 0 Å². The van der Waals surface area contributed by atoms with E-state index in [2.05, 4.69) is 26.2 Å². The molecular formula is C16H14BrN3O. The average molecular weight is 344 g/mol. The molecule has 3 aromatic rings. The smallest absolute Gasteiger partial charge is 0.130 e. The van der Waals surface area contributed by atoms with Crippen molar-refractivity contribution in [1.29, 1.82) is 0 Å². The molecule has 0 aliphatic carbocycles. The molecule has 3 rings (SSSR count). The lowest BCUT2D eigenvalue weighted by molar-refractivity contribution is 0.0945. The summed E-state index contributed by atoms with van der Waals surface area (Å²) in [7, 11) is 0. The van der Waals surface area contributed by atoms with E-state index in [1.165, 1.54) is 0 Å². The molecule has 2 aromatic carbocycles. The van der Waals surface area contributed by atoms with Gasteiger partial charge in [-0.15, -0.1) is 5.10 Å². The number of benzene rings is 2. The van der Waals surface area contributed by atoms with Crippen LogP contribution >= 0.6 is 15.9 Å². The van der Waals surface area contributed by atoms with Gasteiger partial charge < -0.3 is 5.11 Å². The molecule has 0 bridgehead atoms. The number of hydrogen-bond acceptors (Lipinski definition) is 3. The summed E-state index contributed by atoms with van der Waals surface area (Å²) in [4.78, 5) is 0. The Morgan fingerprint density at radius 2 is 1.86 bits per heavy atom. The Morgan fingerprint density at radius 1 is 1.10 bits per heavy atom. The zero-order chi connectivity index (χ0) is 14.9. The molecule has 0 spiro atoms. The van der Waals surface area contributed by atoms with E-state index in [-0.39, 0.29) is 0 Å². The molecule has 1 aromatic heterocycles. The molecule has 0 aliphatic rings. The highest BCUT2D eigenvalue weighted by molar-refractivity contribution is 9.10. The van der Waals surface area contributed by atoms with Gasteiger partial charge in [-0.25, -0.2) is 4.68 Å². The number of rotatable bonds is 3. The van der Waals surface area contributed by atoms with Gasteiger partial charge in [0.25, 0.3) is 0 Å². The van der Waals surface area contributed by atoms with Crippen molar-refractivity contribution in [2.45, 2.75) is 12.5 Å². The third-order valence-electron chi connectivity index (χ3n) is 3.44. The monoisotopic (exact) mass is 343 g/mol. The maximum atomic E-state index is 11.0. The third kappa shape index (κ3) is 2.62. The van der Waals surface area contributed by atoms with Crippen LogP contribution in [0.25, 0.3) is 5.69 Å². The summed E-state index contributed by atoms with van der Waals surface area (Å²) in [5.41, 5.74) is 1.06. The van der Waals surface area contributed by atoms with Crippen molar-refractivity contribution >= 4 is 15.9 Å². The second-order valence-corrected chi connectivity index (χ2v) is 5.86. The SMILES string of the molecule is CC(O)(c1cccc(Br)c1)c1cnnn1-c1ccccc1. The highest BCUT2D eigenvalue weighted by Crippen LogP contribution is 2.31. The van der Waals surface area contributed by atoms with E-state index in [0.29, 0.717) is 5.69 Å².